The molecule has 2 aromatic carbocycles. The molecule has 0 aliphatic carbocycles. The van der Waals surface area contributed by atoms with Crippen molar-refractivity contribution in [1.29, 1.82) is 0 Å². The maximum Gasteiger partial charge on any atom is 0.336 e. The zero-order valence-electron chi connectivity index (χ0n) is 17.5. The van der Waals surface area contributed by atoms with Gasteiger partial charge in [0, 0.05) is 11.4 Å². The number of aryl methyl sites for hydroxylation is 2. The monoisotopic (exact) mass is 392 g/mol. The van der Waals surface area contributed by atoms with Crippen LogP contribution in [0.15, 0.2) is 60.3 Å². The molecular weight excluding hydrogens is 364 g/mol. The number of carbonyl (C=O) groups is 2. The van der Waals surface area contributed by atoms with E-state index in [0.717, 1.165) is 18.5 Å². The van der Waals surface area contributed by atoms with E-state index in [9.17, 15) is 9.59 Å². The van der Waals surface area contributed by atoms with E-state index in [1.54, 1.807) is 19.9 Å². The SMILES string of the molecule is CCOC(=O)[C@]1(C)C=C(Nc2ccc(CC)cc2)C(=O)N1c1ccc(CC)cc1. The topological polar surface area (TPSA) is 58.6 Å². The Hall–Kier alpha value is -3.08. The maximum atomic E-state index is 13.3. The highest BCUT2D eigenvalue weighted by Crippen LogP contribution is 2.35. The van der Waals surface area contributed by atoms with Crippen LogP contribution < -0.4 is 10.2 Å². The first-order chi connectivity index (χ1) is 13.9. The third-order valence-corrected chi connectivity index (χ3v) is 5.26. The molecule has 0 spiro atoms. The van der Waals surface area contributed by atoms with Crippen molar-refractivity contribution in [2.75, 3.05) is 16.8 Å². The third-order valence-electron chi connectivity index (χ3n) is 5.26. The quantitative estimate of drug-likeness (QED) is 0.706. The van der Waals surface area contributed by atoms with E-state index in [2.05, 4.69) is 19.2 Å². The lowest BCUT2D eigenvalue weighted by Gasteiger charge is -2.32. The Labute approximate surface area is 172 Å². The molecule has 29 heavy (non-hydrogen) atoms. The fraction of sp³-hybridized carbons (Fsp3) is 0.333. The van der Waals surface area contributed by atoms with Crippen LogP contribution in [0.1, 0.15) is 38.8 Å². The summed E-state index contributed by atoms with van der Waals surface area (Å²) in [5.74, 6) is -0.713. The summed E-state index contributed by atoms with van der Waals surface area (Å²) >= 11 is 0. The van der Waals surface area contributed by atoms with Gasteiger partial charge in [-0.2, -0.15) is 0 Å². The Bertz CT molecular complexity index is 916. The van der Waals surface area contributed by atoms with E-state index in [-0.39, 0.29) is 12.5 Å². The zero-order valence-corrected chi connectivity index (χ0v) is 17.5. The Morgan fingerprint density at radius 3 is 2.03 bits per heavy atom. The van der Waals surface area contributed by atoms with Gasteiger partial charge >= 0.3 is 5.97 Å². The fourth-order valence-electron chi connectivity index (χ4n) is 3.50. The highest BCUT2D eigenvalue weighted by molar-refractivity contribution is 6.16. The summed E-state index contributed by atoms with van der Waals surface area (Å²) in [4.78, 5) is 27.6. The molecule has 1 N–H and O–H groups in total. The molecule has 1 aliphatic rings. The van der Waals surface area contributed by atoms with Gasteiger partial charge in [-0.25, -0.2) is 4.79 Å². The second kappa shape index (κ2) is 8.52. The van der Waals surface area contributed by atoms with Crippen molar-refractivity contribution < 1.29 is 14.3 Å². The average molecular weight is 392 g/mol. The Morgan fingerprint density at radius 1 is 0.966 bits per heavy atom. The molecule has 0 radical (unpaired) electrons. The largest absolute Gasteiger partial charge is 0.464 e. The van der Waals surface area contributed by atoms with Crippen LogP contribution in [-0.2, 0) is 27.2 Å². The normalized spacial score (nSPS) is 18.6. The molecule has 0 aromatic heterocycles. The second-order valence-corrected chi connectivity index (χ2v) is 7.26. The number of hydrogen-bond donors (Lipinski definition) is 1. The van der Waals surface area contributed by atoms with Gasteiger partial charge in [-0.15, -0.1) is 0 Å². The van der Waals surface area contributed by atoms with Gasteiger partial charge in [-0.3, -0.25) is 9.69 Å². The summed E-state index contributed by atoms with van der Waals surface area (Å²) < 4.78 is 5.30. The lowest BCUT2D eigenvalue weighted by Crippen LogP contribution is -2.51. The molecule has 1 amide bonds. The highest BCUT2D eigenvalue weighted by Gasteiger charge is 2.49. The van der Waals surface area contributed by atoms with Gasteiger partial charge < -0.3 is 10.1 Å². The van der Waals surface area contributed by atoms with Crippen molar-refractivity contribution in [1.82, 2.24) is 0 Å². The minimum atomic E-state index is -1.22. The Kier molecular flexibility index (Phi) is 6.06. The first-order valence-electron chi connectivity index (χ1n) is 10.1. The molecule has 1 atom stereocenters. The van der Waals surface area contributed by atoms with Gasteiger partial charge in [0.05, 0.1) is 6.61 Å². The van der Waals surface area contributed by atoms with Gasteiger partial charge in [0.25, 0.3) is 5.91 Å². The number of amides is 1. The smallest absolute Gasteiger partial charge is 0.336 e. The van der Waals surface area contributed by atoms with Crippen LogP contribution in [0.4, 0.5) is 11.4 Å². The number of esters is 1. The number of ether oxygens (including phenoxy) is 1. The van der Waals surface area contributed by atoms with Crippen LogP contribution in [-0.4, -0.2) is 24.0 Å². The number of benzene rings is 2. The summed E-state index contributed by atoms with van der Waals surface area (Å²) in [6.07, 6.45) is 3.52. The number of nitrogens with zero attached hydrogens (tertiary/aromatic N) is 1. The van der Waals surface area contributed by atoms with Crippen molar-refractivity contribution in [2.45, 2.75) is 46.1 Å². The van der Waals surface area contributed by atoms with Crippen molar-refractivity contribution in [2.24, 2.45) is 0 Å². The van der Waals surface area contributed by atoms with E-state index in [1.165, 1.54) is 16.0 Å². The fourth-order valence-corrected chi connectivity index (χ4v) is 3.50. The summed E-state index contributed by atoms with van der Waals surface area (Å²) in [5, 5.41) is 3.18. The molecule has 1 aliphatic heterocycles. The van der Waals surface area contributed by atoms with Crippen LogP contribution in [0.3, 0.4) is 0 Å². The molecule has 2 aromatic rings. The predicted octanol–water partition coefficient (Wildman–Crippen LogP) is 4.48. The van der Waals surface area contributed by atoms with Crippen LogP contribution in [0.2, 0.25) is 0 Å². The first kappa shape index (κ1) is 20.6. The highest BCUT2D eigenvalue weighted by atomic mass is 16.5. The third kappa shape index (κ3) is 4.04. The minimum Gasteiger partial charge on any atom is -0.464 e. The average Bonchev–Trinajstić information content (AvgIpc) is 2.99. The second-order valence-electron chi connectivity index (χ2n) is 7.26. The number of carbonyl (C=O) groups excluding carboxylic acids is 2. The Balaban J connectivity index is 1.96. The number of rotatable bonds is 7. The van der Waals surface area contributed by atoms with Crippen LogP contribution in [0.25, 0.3) is 0 Å². The number of nitrogens with one attached hydrogen (secondary N) is 1. The first-order valence-corrected chi connectivity index (χ1v) is 10.1. The van der Waals surface area contributed by atoms with Gasteiger partial charge in [0.1, 0.15) is 5.70 Å². The van der Waals surface area contributed by atoms with Crippen LogP contribution in [0, 0.1) is 0 Å². The number of hydrogen-bond acceptors (Lipinski definition) is 4. The van der Waals surface area contributed by atoms with Crippen LogP contribution in [0.5, 0.6) is 0 Å². The van der Waals surface area contributed by atoms with E-state index < -0.39 is 11.5 Å². The molecule has 0 unspecified atom stereocenters. The molecule has 0 saturated heterocycles. The van der Waals surface area contributed by atoms with Crippen molar-refractivity contribution in [3.05, 3.63) is 71.4 Å². The maximum absolute atomic E-state index is 13.3. The molecular formula is C24H28N2O3. The lowest BCUT2D eigenvalue weighted by molar-refractivity contribution is -0.147. The molecule has 0 saturated carbocycles. The summed E-state index contributed by atoms with van der Waals surface area (Å²) in [6.45, 7) is 7.90. The zero-order chi connectivity index (χ0) is 21.0. The molecule has 1 heterocycles. The van der Waals surface area contributed by atoms with Crippen LogP contribution >= 0.6 is 0 Å². The van der Waals surface area contributed by atoms with Gasteiger partial charge in [0.2, 0.25) is 0 Å². The Morgan fingerprint density at radius 2 is 1.52 bits per heavy atom. The summed E-state index contributed by atoms with van der Waals surface area (Å²) in [6, 6.07) is 15.6. The van der Waals surface area contributed by atoms with E-state index in [0.29, 0.717) is 11.4 Å². The summed E-state index contributed by atoms with van der Waals surface area (Å²) in [7, 11) is 0. The van der Waals surface area contributed by atoms with E-state index in [1.807, 2.05) is 48.5 Å². The van der Waals surface area contributed by atoms with E-state index in [4.69, 9.17) is 4.74 Å². The lowest BCUT2D eigenvalue weighted by atomic mass is 10.0. The molecule has 0 bridgehead atoms. The van der Waals surface area contributed by atoms with Gasteiger partial charge in [0.15, 0.2) is 5.54 Å². The molecule has 3 rings (SSSR count). The van der Waals surface area contributed by atoms with Crippen molar-refractivity contribution in [3.63, 3.8) is 0 Å². The molecule has 5 heteroatoms. The standard InChI is InChI=1S/C24H28N2O3/c1-5-17-8-12-19(13-9-17)25-21-16-24(4,23(28)29-7-3)26(22(21)27)20-14-10-18(6-2)11-15-20/h8-16,25H,5-7H2,1-4H3/t24-/m0/s1. The summed E-state index contributed by atoms with van der Waals surface area (Å²) in [5.41, 5.74) is 3.00. The molecule has 5 nitrogen and oxygen atoms in total. The molecule has 152 valence electrons. The minimum absolute atomic E-state index is 0.250. The van der Waals surface area contributed by atoms with Crippen molar-refractivity contribution in [3.8, 4) is 0 Å². The predicted molar refractivity (Wildman–Crippen MR) is 116 cm³/mol. The molecule has 0 fully saturated rings. The number of anilines is 2. The van der Waals surface area contributed by atoms with Crippen molar-refractivity contribution >= 4 is 23.3 Å². The van der Waals surface area contributed by atoms with Gasteiger partial charge in [-0.05, 0) is 68.2 Å². The van der Waals surface area contributed by atoms with E-state index >= 15 is 0 Å². The van der Waals surface area contributed by atoms with Gasteiger partial charge in [-0.1, -0.05) is 38.1 Å².